The summed E-state index contributed by atoms with van der Waals surface area (Å²) >= 11 is 12.1. The lowest BCUT2D eigenvalue weighted by atomic mass is 10.2. The van der Waals surface area contributed by atoms with Crippen LogP contribution in [0.25, 0.3) is 0 Å². The van der Waals surface area contributed by atoms with Gasteiger partial charge in [0.15, 0.2) is 0 Å². The number of rotatable bonds is 5. The molecule has 3 aromatic rings. The van der Waals surface area contributed by atoms with Gasteiger partial charge in [-0.15, -0.1) is 0 Å². The molecule has 5 nitrogen and oxygen atoms in total. The highest BCUT2D eigenvalue weighted by Crippen LogP contribution is 2.28. The quantitative estimate of drug-likeness (QED) is 0.609. The van der Waals surface area contributed by atoms with Crippen LogP contribution in [0.4, 0.5) is 23.1 Å². The molecule has 0 amide bonds. The molecule has 0 atom stereocenters. The minimum Gasteiger partial charge on any atom is -0.495 e. The number of aromatic nitrogens is 2. The van der Waals surface area contributed by atoms with E-state index in [-0.39, 0.29) is 0 Å². The fourth-order valence-corrected chi connectivity index (χ4v) is 2.75. The fraction of sp³-hybridized carbons (Fsp3) is 0.111. The van der Waals surface area contributed by atoms with Gasteiger partial charge in [-0.1, -0.05) is 23.2 Å². The van der Waals surface area contributed by atoms with Crippen LogP contribution < -0.4 is 15.4 Å². The molecule has 1 heterocycles. The number of anilines is 4. The Hall–Kier alpha value is -2.50. The van der Waals surface area contributed by atoms with Crippen molar-refractivity contribution in [1.82, 2.24) is 9.97 Å². The van der Waals surface area contributed by atoms with Gasteiger partial charge < -0.3 is 15.4 Å². The monoisotopic (exact) mass is 374 g/mol. The van der Waals surface area contributed by atoms with Gasteiger partial charge in [0.2, 0.25) is 5.95 Å². The molecule has 128 valence electrons. The standard InChI is InChI=1S/C18H16Cl2N4O/c1-11-9-12(19)3-5-15(11)23-17-7-8-21-18(24-17)22-13-4-6-16(25-2)14(20)10-13/h3-10H,1-2H3,(H2,21,22,23,24). The van der Waals surface area contributed by atoms with Gasteiger partial charge in [0.05, 0.1) is 12.1 Å². The smallest absolute Gasteiger partial charge is 0.229 e. The Labute approximate surface area is 156 Å². The molecular weight excluding hydrogens is 359 g/mol. The van der Waals surface area contributed by atoms with Crippen LogP contribution in [0, 0.1) is 6.92 Å². The predicted octanol–water partition coefficient (Wildman–Crippen LogP) is 5.59. The van der Waals surface area contributed by atoms with Crippen molar-refractivity contribution in [3.05, 3.63) is 64.3 Å². The van der Waals surface area contributed by atoms with Crippen LogP contribution in [0.15, 0.2) is 48.7 Å². The lowest BCUT2D eigenvalue weighted by Crippen LogP contribution is -2.01. The van der Waals surface area contributed by atoms with Crippen molar-refractivity contribution in [3.63, 3.8) is 0 Å². The summed E-state index contributed by atoms with van der Waals surface area (Å²) in [5, 5.41) is 7.59. The largest absolute Gasteiger partial charge is 0.495 e. The second-order valence-corrected chi connectivity index (χ2v) is 6.17. The number of benzene rings is 2. The number of nitrogens with one attached hydrogen (secondary N) is 2. The van der Waals surface area contributed by atoms with Crippen LogP contribution in [-0.4, -0.2) is 17.1 Å². The minimum absolute atomic E-state index is 0.456. The van der Waals surface area contributed by atoms with E-state index in [1.165, 1.54) is 0 Å². The number of aryl methyl sites for hydroxylation is 1. The van der Waals surface area contributed by atoms with Crippen LogP contribution in [0.3, 0.4) is 0 Å². The van der Waals surface area contributed by atoms with Crippen LogP contribution >= 0.6 is 23.2 Å². The first-order chi connectivity index (χ1) is 12.0. The van der Waals surface area contributed by atoms with Crippen molar-refractivity contribution in [2.24, 2.45) is 0 Å². The van der Waals surface area contributed by atoms with Gasteiger partial charge in [0.25, 0.3) is 0 Å². The van der Waals surface area contributed by atoms with Gasteiger partial charge in [-0.3, -0.25) is 0 Å². The first kappa shape index (κ1) is 17.3. The molecular formula is C18H16Cl2N4O. The Morgan fingerprint density at radius 2 is 1.84 bits per heavy atom. The lowest BCUT2D eigenvalue weighted by Gasteiger charge is -2.11. The van der Waals surface area contributed by atoms with Crippen molar-refractivity contribution < 1.29 is 4.74 Å². The molecule has 0 saturated heterocycles. The maximum atomic E-state index is 6.14. The van der Waals surface area contributed by atoms with Crippen LogP contribution in [0.2, 0.25) is 10.0 Å². The van der Waals surface area contributed by atoms with E-state index in [1.807, 2.05) is 31.2 Å². The van der Waals surface area contributed by atoms with E-state index in [9.17, 15) is 0 Å². The third kappa shape index (κ3) is 4.32. The molecule has 25 heavy (non-hydrogen) atoms. The Morgan fingerprint density at radius 1 is 1.00 bits per heavy atom. The molecule has 0 unspecified atom stereocenters. The summed E-state index contributed by atoms with van der Waals surface area (Å²) in [6, 6.07) is 12.8. The Bertz CT molecular complexity index is 902. The van der Waals surface area contributed by atoms with E-state index < -0.39 is 0 Å². The lowest BCUT2D eigenvalue weighted by molar-refractivity contribution is 0.415. The van der Waals surface area contributed by atoms with Gasteiger partial charge in [-0.25, -0.2) is 4.98 Å². The van der Waals surface area contributed by atoms with Gasteiger partial charge in [-0.2, -0.15) is 4.98 Å². The summed E-state index contributed by atoms with van der Waals surface area (Å²) in [5.41, 5.74) is 2.73. The summed E-state index contributed by atoms with van der Waals surface area (Å²) < 4.78 is 5.14. The minimum atomic E-state index is 0.456. The maximum absolute atomic E-state index is 6.14. The molecule has 0 radical (unpaired) electrons. The van der Waals surface area contributed by atoms with Gasteiger partial charge >= 0.3 is 0 Å². The number of halogens is 2. The molecule has 2 aromatic carbocycles. The fourth-order valence-electron chi connectivity index (χ4n) is 2.27. The van der Waals surface area contributed by atoms with Crippen molar-refractivity contribution in [3.8, 4) is 5.75 Å². The van der Waals surface area contributed by atoms with E-state index in [0.29, 0.717) is 27.6 Å². The van der Waals surface area contributed by atoms with Crippen molar-refractivity contribution >= 4 is 46.3 Å². The average molecular weight is 375 g/mol. The summed E-state index contributed by atoms with van der Waals surface area (Å²) in [5.74, 6) is 1.74. The number of methoxy groups -OCH3 is 1. The molecule has 0 spiro atoms. The molecule has 0 saturated carbocycles. The molecule has 7 heteroatoms. The zero-order valence-corrected chi connectivity index (χ0v) is 15.2. The average Bonchev–Trinajstić information content (AvgIpc) is 2.58. The second kappa shape index (κ2) is 7.59. The highest BCUT2D eigenvalue weighted by Gasteiger charge is 2.06. The topological polar surface area (TPSA) is 59.1 Å². The zero-order valence-electron chi connectivity index (χ0n) is 13.7. The highest BCUT2D eigenvalue weighted by atomic mass is 35.5. The molecule has 0 bridgehead atoms. The third-order valence-corrected chi connectivity index (χ3v) is 4.05. The van der Waals surface area contributed by atoms with Gasteiger partial charge in [-0.05, 0) is 55.0 Å². The van der Waals surface area contributed by atoms with Crippen molar-refractivity contribution in [2.75, 3.05) is 17.7 Å². The summed E-state index contributed by atoms with van der Waals surface area (Å²) in [6.45, 7) is 1.98. The number of hydrogen-bond acceptors (Lipinski definition) is 5. The summed E-state index contributed by atoms with van der Waals surface area (Å²) in [6.07, 6.45) is 1.67. The maximum Gasteiger partial charge on any atom is 0.229 e. The van der Waals surface area contributed by atoms with Crippen molar-refractivity contribution in [1.29, 1.82) is 0 Å². The van der Waals surface area contributed by atoms with Crippen molar-refractivity contribution in [2.45, 2.75) is 6.92 Å². The Kier molecular flexibility index (Phi) is 5.26. The molecule has 0 aliphatic heterocycles. The molecule has 0 aliphatic rings. The molecule has 1 aromatic heterocycles. The Balaban J connectivity index is 1.78. The van der Waals surface area contributed by atoms with Gasteiger partial charge in [0.1, 0.15) is 11.6 Å². The number of nitrogens with zero attached hydrogens (tertiary/aromatic N) is 2. The number of hydrogen-bond donors (Lipinski definition) is 2. The van der Waals surface area contributed by atoms with E-state index in [1.54, 1.807) is 31.5 Å². The molecule has 3 rings (SSSR count). The summed E-state index contributed by atoms with van der Waals surface area (Å²) in [7, 11) is 1.57. The molecule has 2 N–H and O–H groups in total. The normalized spacial score (nSPS) is 10.4. The zero-order chi connectivity index (χ0) is 17.8. The first-order valence-corrected chi connectivity index (χ1v) is 8.27. The SMILES string of the molecule is COc1ccc(Nc2nccc(Nc3ccc(Cl)cc3C)n2)cc1Cl. The predicted molar refractivity (Wildman–Crippen MR) is 103 cm³/mol. The van der Waals surface area contributed by atoms with E-state index >= 15 is 0 Å². The van der Waals surface area contributed by atoms with E-state index in [2.05, 4.69) is 20.6 Å². The van der Waals surface area contributed by atoms with Crippen LogP contribution in [0.5, 0.6) is 5.75 Å². The van der Waals surface area contributed by atoms with Gasteiger partial charge in [0, 0.05) is 22.6 Å². The second-order valence-electron chi connectivity index (χ2n) is 5.32. The molecule has 0 fully saturated rings. The van der Waals surface area contributed by atoms with Crippen LogP contribution in [0.1, 0.15) is 5.56 Å². The number of ether oxygens (including phenoxy) is 1. The van der Waals surface area contributed by atoms with Crippen LogP contribution in [-0.2, 0) is 0 Å². The third-order valence-electron chi connectivity index (χ3n) is 3.51. The highest BCUT2D eigenvalue weighted by molar-refractivity contribution is 6.32. The Morgan fingerprint density at radius 3 is 2.56 bits per heavy atom. The molecule has 0 aliphatic carbocycles. The summed E-state index contributed by atoms with van der Waals surface area (Å²) in [4.78, 5) is 8.69. The first-order valence-electron chi connectivity index (χ1n) is 7.52. The van der Waals surface area contributed by atoms with E-state index in [0.717, 1.165) is 16.9 Å². The van der Waals surface area contributed by atoms with E-state index in [4.69, 9.17) is 27.9 Å².